The van der Waals surface area contributed by atoms with Gasteiger partial charge in [-0.1, -0.05) is 41.9 Å². The highest BCUT2D eigenvalue weighted by molar-refractivity contribution is 6.32. The number of ether oxygens (including phenoxy) is 1. The molecule has 0 unspecified atom stereocenters. The normalized spacial score (nSPS) is 10.5. The van der Waals surface area contributed by atoms with Gasteiger partial charge in [0.15, 0.2) is 0 Å². The molecule has 0 aliphatic heterocycles. The third-order valence-corrected chi connectivity index (χ3v) is 4.35. The summed E-state index contributed by atoms with van der Waals surface area (Å²) in [4.78, 5) is 8.90. The van der Waals surface area contributed by atoms with Crippen LogP contribution >= 0.6 is 11.6 Å². The lowest BCUT2D eigenvalue weighted by Gasteiger charge is -2.11. The molecular weight excluding hydrogens is 360 g/mol. The van der Waals surface area contributed by atoms with Crippen molar-refractivity contribution in [2.24, 2.45) is 0 Å². The molecule has 0 bridgehead atoms. The third kappa shape index (κ3) is 5.59. The van der Waals surface area contributed by atoms with Crippen LogP contribution in [0.3, 0.4) is 0 Å². The molecule has 6 heteroatoms. The summed E-state index contributed by atoms with van der Waals surface area (Å²) in [5, 5.41) is 7.19. The number of nitrogens with one attached hydrogen (secondary N) is 2. The van der Waals surface area contributed by atoms with Crippen molar-refractivity contribution in [1.29, 1.82) is 0 Å². The fraction of sp³-hybridized carbons (Fsp3) is 0.238. The smallest absolute Gasteiger partial charge is 0.137 e. The van der Waals surface area contributed by atoms with Crippen molar-refractivity contribution in [2.75, 3.05) is 24.3 Å². The summed E-state index contributed by atoms with van der Waals surface area (Å²) in [7, 11) is 1.60. The number of aryl methyl sites for hydroxylation is 2. The molecule has 0 atom stereocenters. The number of hydrogen-bond donors (Lipinski definition) is 2. The maximum atomic E-state index is 6.18. The van der Waals surface area contributed by atoms with Crippen LogP contribution in [0, 0.1) is 6.92 Å². The van der Waals surface area contributed by atoms with E-state index in [1.165, 1.54) is 5.56 Å². The van der Waals surface area contributed by atoms with E-state index in [-0.39, 0.29) is 0 Å². The van der Waals surface area contributed by atoms with Crippen molar-refractivity contribution in [1.82, 2.24) is 9.97 Å². The van der Waals surface area contributed by atoms with Gasteiger partial charge in [0.05, 0.1) is 12.1 Å². The van der Waals surface area contributed by atoms with Crippen molar-refractivity contribution in [3.8, 4) is 5.75 Å². The molecular formula is C21H23ClN4O. The van der Waals surface area contributed by atoms with Crippen LogP contribution in [0.1, 0.15) is 17.8 Å². The molecule has 0 radical (unpaired) electrons. The number of benzene rings is 2. The predicted molar refractivity (Wildman–Crippen MR) is 111 cm³/mol. The van der Waals surface area contributed by atoms with Gasteiger partial charge in [0.25, 0.3) is 0 Å². The van der Waals surface area contributed by atoms with Crippen molar-refractivity contribution in [3.05, 3.63) is 71.0 Å². The van der Waals surface area contributed by atoms with Gasteiger partial charge < -0.3 is 15.4 Å². The Morgan fingerprint density at radius 3 is 2.52 bits per heavy atom. The number of halogens is 1. The molecule has 0 aliphatic carbocycles. The van der Waals surface area contributed by atoms with Crippen LogP contribution in [0.2, 0.25) is 5.02 Å². The van der Waals surface area contributed by atoms with Crippen molar-refractivity contribution >= 4 is 28.9 Å². The van der Waals surface area contributed by atoms with Gasteiger partial charge in [-0.15, -0.1) is 0 Å². The first-order chi connectivity index (χ1) is 13.1. The standard InChI is InChI=1S/C21H23ClN4O/c1-15-24-20(23-12-6-9-16-7-4-3-5-8-16)14-21(25-15)26-17-10-11-19(27-2)18(22)13-17/h3-5,7-8,10-11,13-14H,6,9,12H2,1-2H3,(H2,23,24,25,26). The van der Waals surface area contributed by atoms with E-state index in [9.17, 15) is 0 Å². The highest BCUT2D eigenvalue weighted by Gasteiger charge is 2.05. The Labute approximate surface area is 164 Å². The van der Waals surface area contributed by atoms with E-state index in [0.29, 0.717) is 22.4 Å². The minimum absolute atomic E-state index is 0.549. The van der Waals surface area contributed by atoms with Crippen LogP contribution in [0.25, 0.3) is 0 Å². The monoisotopic (exact) mass is 382 g/mol. The fourth-order valence-corrected chi connectivity index (χ4v) is 3.03. The Morgan fingerprint density at radius 1 is 1.00 bits per heavy atom. The summed E-state index contributed by atoms with van der Waals surface area (Å²) in [6.45, 7) is 2.72. The van der Waals surface area contributed by atoms with Crippen LogP contribution in [0.5, 0.6) is 5.75 Å². The van der Waals surface area contributed by atoms with E-state index in [1.807, 2.05) is 37.3 Å². The van der Waals surface area contributed by atoms with Crippen molar-refractivity contribution < 1.29 is 4.74 Å². The van der Waals surface area contributed by atoms with E-state index in [0.717, 1.165) is 30.9 Å². The highest BCUT2D eigenvalue weighted by atomic mass is 35.5. The molecule has 0 fully saturated rings. The van der Waals surface area contributed by atoms with Gasteiger partial charge >= 0.3 is 0 Å². The maximum Gasteiger partial charge on any atom is 0.137 e. The number of aromatic nitrogens is 2. The lowest BCUT2D eigenvalue weighted by molar-refractivity contribution is 0.415. The molecule has 3 aromatic rings. The number of anilines is 3. The zero-order valence-electron chi connectivity index (χ0n) is 15.5. The van der Waals surface area contributed by atoms with Gasteiger partial charge in [0.2, 0.25) is 0 Å². The van der Waals surface area contributed by atoms with Crippen molar-refractivity contribution in [3.63, 3.8) is 0 Å². The highest BCUT2D eigenvalue weighted by Crippen LogP contribution is 2.28. The summed E-state index contributed by atoms with van der Waals surface area (Å²) < 4.78 is 5.18. The average molecular weight is 383 g/mol. The Kier molecular flexibility index (Phi) is 6.49. The van der Waals surface area contributed by atoms with E-state index < -0.39 is 0 Å². The van der Waals surface area contributed by atoms with Crippen LogP contribution in [0.15, 0.2) is 54.6 Å². The van der Waals surface area contributed by atoms with E-state index >= 15 is 0 Å². The van der Waals surface area contributed by atoms with E-state index in [2.05, 4.69) is 44.9 Å². The second-order valence-electron chi connectivity index (χ2n) is 6.18. The Hall–Kier alpha value is -2.79. The molecule has 1 heterocycles. The molecule has 2 N–H and O–H groups in total. The Morgan fingerprint density at radius 2 is 1.78 bits per heavy atom. The number of hydrogen-bond acceptors (Lipinski definition) is 5. The van der Waals surface area contributed by atoms with Gasteiger partial charge in [0.1, 0.15) is 23.2 Å². The van der Waals surface area contributed by atoms with Gasteiger partial charge in [-0.3, -0.25) is 0 Å². The molecule has 2 aromatic carbocycles. The first-order valence-electron chi connectivity index (χ1n) is 8.88. The molecule has 0 aliphatic rings. The summed E-state index contributed by atoms with van der Waals surface area (Å²) in [6.07, 6.45) is 2.07. The van der Waals surface area contributed by atoms with Gasteiger partial charge in [0, 0.05) is 18.3 Å². The molecule has 0 saturated carbocycles. The van der Waals surface area contributed by atoms with E-state index in [1.54, 1.807) is 7.11 Å². The molecule has 140 valence electrons. The average Bonchev–Trinajstić information content (AvgIpc) is 2.66. The maximum absolute atomic E-state index is 6.18. The van der Waals surface area contributed by atoms with Crippen LogP contribution in [-0.4, -0.2) is 23.6 Å². The van der Waals surface area contributed by atoms with E-state index in [4.69, 9.17) is 16.3 Å². The Balaban J connectivity index is 1.59. The zero-order valence-corrected chi connectivity index (χ0v) is 16.3. The molecule has 0 spiro atoms. The summed E-state index contributed by atoms with van der Waals surface area (Å²) in [5.41, 5.74) is 2.19. The second-order valence-corrected chi connectivity index (χ2v) is 6.58. The van der Waals surface area contributed by atoms with Gasteiger partial charge in [-0.05, 0) is 43.5 Å². The zero-order chi connectivity index (χ0) is 19.1. The molecule has 27 heavy (non-hydrogen) atoms. The predicted octanol–water partition coefficient (Wildman–Crippen LogP) is 5.24. The lowest BCUT2D eigenvalue weighted by Crippen LogP contribution is -2.07. The fourth-order valence-electron chi connectivity index (χ4n) is 2.77. The Bertz CT molecular complexity index is 887. The first kappa shape index (κ1) is 19.0. The van der Waals surface area contributed by atoms with Crippen molar-refractivity contribution in [2.45, 2.75) is 19.8 Å². The van der Waals surface area contributed by atoms with Gasteiger partial charge in [-0.2, -0.15) is 0 Å². The molecule has 5 nitrogen and oxygen atoms in total. The topological polar surface area (TPSA) is 59.1 Å². The number of rotatable bonds is 8. The first-order valence-corrected chi connectivity index (χ1v) is 9.26. The molecule has 0 saturated heterocycles. The molecule has 3 rings (SSSR count). The summed E-state index contributed by atoms with van der Waals surface area (Å²) >= 11 is 6.18. The SMILES string of the molecule is COc1ccc(Nc2cc(NCCCc3ccccc3)nc(C)n2)cc1Cl. The number of nitrogens with zero attached hydrogens (tertiary/aromatic N) is 2. The summed E-state index contributed by atoms with van der Waals surface area (Å²) in [6, 6.07) is 17.9. The molecule has 0 amide bonds. The lowest BCUT2D eigenvalue weighted by atomic mass is 10.1. The number of methoxy groups -OCH3 is 1. The minimum atomic E-state index is 0.549. The van der Waals surface area contributed by atoms with Crippen LogP contribution in [-0.2, 0) is 6.42 Å². The van der Waals surface area contributed by atoms with Gasteiger partial charge in [-0.25, -0.2) is 9.97 Å². The second kappa shape index (κ2) is 9.24. The largest absolute Gasteiger partial charge is 0.495 e. The third-order valence-electron chi connectivity index (χ3n) is 4.05. The summed E-state index contributed by atoms with van der Waals surface area (Å²) in [5.74, 6) is 2.86. The minimum Gasteiger partial charge on any atom is -0.495 e. The molecule has 1 aromatic heterocycles. The van der Waals surface area contributed by atoms with Crippen LogP contribution in [0.4, 0.5) is 17.3 Å². The quantitative estimate of drug-likeness (QED) is 0.522. The van der Waals surface area contributed by atoms with Crippen LogP contribution < -0.4 is 15.4 Å².